The highest BCUT2D eigenvalue weighted by molar-refractivity contribution is 7.80. The van der Waals surface area contributed by atoms with Crippen molar-refractivity contribution in [3.8, 4) is 0 Å². The van der Waals surface area contributed by atoms with E-state index in [0.717, 1.165) is 37.8 Å². The minimum absolute atomic E-state index is 0.554. The average molecular weight is 494 g/mol. The van der Waals surface area contributed by atoms with Crippen molar-refractivity contribution in [2.45, 2.75) is 52.5 Å². The third-order valence-electron chi connectivity index (χ3n) is 7.41. The Hall–Kier alpha value is -2.61. The van der Waals surface area contributed by atoms with Gasteiger partial charge in [0.25, 0.3) is 0 Å². The molecule has 3 fully saturated rings. The summed E-state index contributed by atoms with van der Waals surface area (Å²) < 4.78 is 0. The molecule has 2 aromatic rings. The van der Waals surface area contributed by atoms with Crippen LogP contribution in [0.15, 0.2) is 30.3 Å². The highest BCUT2D eigenvalue weighted by atomic mass is 32.1. The summed E-state index contributed by atoms with van der Waals surface area (Å²) in [6.07, 6.45) is 6.30. The maximum Gasteiger partial charge on any atom is 0.232 e. The second kappa shape index (κ2) is 11.0. The fraction of sp³-hybridized carbons (Fsp3) is 0.593. The summed E-state index contributed by atoms with van der Waals surface area (Å²) in [7, 11) is 0. The maximum absolute atomic E-state index is 5.63. The summed E-state index contributed by atoms with van der Waals surface area (Å²) >= 11 is 5.63. The van der Waals surface area contributed by atoms with E-state index in [1.54, 1.807) is 0 Å². The van der Waals surface area contributed by atoms with E-state index in [4.69, 9.17) is 22.2 Å². The van der Waals surface area contributed by atoms with E-state index in [9.17, 15) is 0 Å². The number of nitrogens with one attached hydrogen (secondary N) is 2. The topological polar surface area (TPSA) is 59.6 Å². The van der Waals surface area contributed by atoms with Crippen LogP contribution >= 0.6 is 12.2 Å². The quantitative estimate of drug-likeness (QED) is 0.564. The van der Waals surface area contributed by atoms with Gasteiger partial charge in [0.1, 0.15) is 11.6 Å². The molecule has 35 heavy (non-hydrogen) atoms. The molecule has 4 heterocycles. The predicted octanol–water partition coefficient (Wildman–Crippen LogP) is 4.65. The standard InChI is InChI=1S/C27H39N7S/c1-20-15-21(2)19-34(18-20)25-16-24(33-13-5-6-14-33)29-26(30-25)31-27(35)28-17-22-7-9-23(10-8-22)32-11-3-4-12-32/h7-10,16,20-21H,3-6,11-15,17-19H2,1-2H3,(H2,28,29,30,31,35)/t20-,21+. The lowest BCUT2D eigenvalue weighted by Gasteiger charge is -2.36. The molecule has 2 N–H and O–H groups in total. The van der Waals surface area contributed by atoms with Gasteiger partial charge in [-0.2, -0.15) is 9.97 Å². The van der Waals surface area contributed by atoms with Gasteiger partial charge in [-0.3, -0.25) is 0 Å². The van der Waals surface area contributed by atoms with Crippen molar-refractivity contribution in [1.29, 1.82) is 0 Å². The first-order valence-electron chi connectivity index (χ1n) is 13.3. The number of hydrogen-bond acceptors (Lipinski definition) is 6. The molecule has 0 aliphatic carbocycles. The first-order valence-corrected chi connectivity index (χ1v) is 13.7. The van der Waals surface area contributed by atoms with Crippen LogP contribution < -0.4 is 25.3 Å². The van der Waals surface area contributed by atoms with Gasteiger partial charge in [0.15, 0.2) is 5.11 Å². The lowest BCUT2D eigenvalue weighted by Crippen LogP contribution is -2.39. The Kier molecular flexibility index (Phi) is 7.56. The molecule has 3 aliphatic heterocycles. The van der Waals surface area contributed by atoms with Crippen molar-refractivity contribution in [1.82, 2.24) is 15.3 Å². The molecule has 5 rings (SSSR count). The first kappa shape index (κ1) is 24.1. The van der Waals surface area contributed by atoms with Crippen molar-refractivity contribution < 1.29 is 0 Å². The highest BCUT2D eigenvalue weighted by Gasteiger charge is 2.25. The molecule has 1 aromatic carbocycles. The van der Waals surface area contributed by atoms with Crippen LogP contribution in [0.5, 0.6) is 0 Å². The van der Waals surface area contributed by atoms with Crippen molar-refractivity contribution in [3.05, 3.63) is 35.9 Å². The Morgan fingerprint density at radius 1 is 0.857 bits per heavy atom. The molecule has 2 atom stereocenters. The molecule has 0 amide bonds. The van der Waals surface area contributed by atoms with Crippen LogP contribution in [-0.2, 0) is 6.54 Å². The summed E-state index contributed by atoms with van der Waals surface area (Å²) in [5, 5.41) is 7.16. The highest BCUT2D eigenvalue weighted by Crippen LogP contribution is 2.29. The summed E-state index contributed by atoms with van der Waals surface area (Å²) in [6, 6.07) is 11.0. The van der Waals surface area contributed by atoms with Crippen LogP contribution in [0.3, 0.4) is 0 Å². The predicted molar refractivity (Wildman–Crippen MR) is 150 cm³/mol. The zero-order valence-electron chi connectivity index (χ0n) is 21.2. The van der Waals surface area contributed by atoms with Crippen molar-refractivity contribution in [3.63, 3.8) is 0 Å². The number of benzene rings is 1. The SMILES string of the molecule is C[C@@H]1C[C@H](C)CN(c2cc(N3CCCC3)nc(NC(=S)NCc3ccc(N4CCCC4)cc3)n2)C1. The van der Waals surface area contributed by atoms with Gasteiger partial charge < -0.3 is 25.3 Å². The summed E-state index contributed by atoms with van der Waals surface area (Å²) in [6.45, 7) is 11.9. The zero-order chi connectivity index (χ0) is 24.2. The molecule has 0 unspecified atom stereocenters. The lowest BCUT2D eigenvalue weighted by molar-refractivity contribution is 0.355. The average Bonchev–Trinajstić information content (AvgIpc) is 3.57. The Morgan fingerprint density at radius 3 is 2.06 bits per heavy atom. The largest absolute Gasteiger partial charge is 0.372 e. The molecule has 188 valence electrons. The van der Waals surface area contributed by atoms with E-state index in [2.05, 4.69) is 69.5 Å². The Morgan fingerprint density at radius 2 is 1.43 bits per heavy atom. The van der Waals surface area contributed by atoms with Gasteiger partial charge >= 0.3 is 0 Å². The molecule has 0 radical (unpaired) electrons. The van der Waals surface area contributed by atoms with Gasteiger partial charge in [0.2, 0.25) is 5.95 Å². The minimum Gasteiger partial charge on any atom is -0.372 e. The fourth-order valence-corrected chi connectivity index (χ4v) is 5.89. The molecule has 1 aromatic heterocycles. The van der Waals surface area contributed by atoms with Crippen LogP contribution in [0.1, 0.15) is 51.5 Å². The van der Waals surface area contributed by atoms with Gasteiger partial charge in [-0.15, -0.1) is 0 Å². The van der Waals surface area contributed by atoms with Crippen LogP contribution in [0.4, 0.5) is 23.3 Å². The number of nitrogens with zero attached hydrogens (tertiary/aromatic N) is 5. The monoisotopic (exact) mass is 493 g/mol. The number of aromatic nitrogens is 2. The van der Waals surface area contributed by atoms with Gasteiger partial charge in [-0.25, -0.2) is 0 Å². The lowest BCUT2D eigenvalue weighted by atomic mass is 9.92. The summed E-state index contributed by atoms with van der Waals surface area (Å²) in [4.78, 5) is 17.0. The van der Waals surface area contributed by atoms with Gasteiger partial charge in [-0.1, -0.05) is 26.0 Å². The molecular formula is C27H39N7S. The molecule has 0 bridgehead atoms. The zero-order valence-corrected chi connectivity index (χ0v) is 22.0. The molecule has 3 aliphatic rings. The number of rotatable bonds is 6. The number of anilines is 4. The number of piperidine rings is 1. The molecule has 3 saturated heterocycles. The van der Waals surface area contributed by atoms with Crippen molar-refractivity contribution in [2.75, 3.05) is 59.3 Å². The Bertz CT molecular complexity index is 989. The van der Waals surface area contributed by atoms with Crippen molar-refractivity contribution >= 4 is 40.6 Å². The van der Waals surface area contributed by atoms with E-state index in [-0.39, 0.29) is 0 Å². The van der Waals surface area contributed by atoms with E-state index >= 15 is 0 Å². The van der Waals surface area contributed by atoms with Crippen LogP contribution in [0, 0.1) is 11.8 Å². The first-order chi connectivity index (χ1) is 17.0. The van der Waals surface area contributed by atoms with Crippen LogP contribution in [0.2, 0.25) is 0 Å². The molecule has 7 nitrogen and oxygen atoms in total. The van der Waals surface area contributed by atoms with Crippen molar-refractivity contribution in [2.24, 2.45) is 11.8 Å². The molecular weight excluding hydrogens is 454 g/mol. The van der Waals surface area contributed by atoms with Gasteiger partial charge in [-0.05, 0) is 73.9 Å². The van der Waals surface area contributed by atoms with E-state index in [1.165, 1.54) is 56.4 Å². The molecule has 0 spiro atoms. The van der Waals surface area contributed by atoms with Gasteiger partial charge in [0, 0.05) is 57.6 Å². The molecule has 0 saturated carbocycles. The fourth-order valence-electron chi connectivity index (χ4n) is 5.73. The smallest absolute Gasteiger partial charge is 0.232 e. The van der Waals surface area contributed by atoms with E-state index in [1.807, 2.05) is 0 Å². The number of hydrogen-bond donors (Lipinski definition) is 2. The van der Waals surface area contributed by atoms with Crippen LogP contribution in [-0.4, -0.2) is 54.3 Å². The Balaban J connectivity index is 1.25. The van der Waals surface area contributed by atoms with E-state index in [0.29, 0.717) is 29.4 Å². The third kappa shape index (κ3) is 6.15. The summed E-state index contributed by atoms with van der Waals surface area (Å²) in [5.74, 6) is 3.92. The minimum atomic E-state index is 0.554. The van der Waals surface area contributed by atoms with Crippen LogP contribution in [0.25, 0.3) is 0 Å². The normalized spacial score (nSPS) is 22.5. The second-order valence-electron chi connectivity index (χ2n) is 10.6. The molecule has 8 heteroatoms. The Labute approximate surface area is 215 Å². The second-order valence-corrected chi connectivity index (χ2v) is 11.0. The van der Waals surface area contributed by atoms with Gasteiger partial charge in [0.05, 0.1) is 0 Å². The van der Waals surface area contributed by atoms with E-state index < -0.39 is 0 Å². The number of thiocarbonyl (C=S) groups is 1. The third-order valence-corrected chi connectivity index (χ3v) is 7.65. The maximum atomic E-state index is 5.63. The summed E-state index contributed by atoms with van der Waals surface area (Å²) in [5.41, 5.74) is 2.52.